The summed E-state index contributed by atoms with van der Waals surface area (Å²) in [5.74, 6) is 0.194. The summed E-state index contributed by atoms with van der Waals surface area (Å²) in [5, 5.41) is 14.8. The Bertz CT molecular complexity index is 1370. The van der Waals surface area contributed by atoms with Crippen LogP contribution in [0.25, 0.3) is 21.9 Å². The van der Waals surface area contributed by atoms with Gasteiger partial charge in [-0.25, -0.2) is 19.2 Å². The van der Waals surface area contributed by atoms with Crippen molar-refractivity contribution in [3.63, 3.8) is 0 Å². The highest BCUT2D eigenvalue weighted by atomic mass is 19.1. The minimum absolute atomic E-state index is 0.0313. The number of carbonyl (C=O) groups is 1. The number of anilines is 3. The number of nitrogens with two attached hydrogens (primary N) is 1. The van der Waals surface area contributed by atoms with E-state index in [0.29, 0.717) is 59.5 Å². The Morgan fingerprint density at radius 2 is 2.09 bits per heavy atom. The Labute approximate surface area is 201 Å². The molecule has 1 aliphatic heterocycles. The zero-order valence-electron chi connectivity index (χ0n) is 19.8. The van der Waals surface area contributed by atoms with E-state index >= 15 is 4.39 Å². The number of carbonyl (C=O) groups excluding carboxylic acids is 1. The van der Waals surface area contributed by atoms with Crippen LogP contribution in [0, 0.1) is 23.6 Å². The molecule has 1 fully saturated rings. The van der Waals surface area contributed by atoms with Gasteiger partial charge in [0, 0.05) is 46.6 Å². The molecular weight excluding hydrogens is 451 g/mol. The largest absolute Gasteiger partial charge is 0.474 e. The number of amides is 1. The summed E-state index contributed by atoms with van der Waals surface area (Å²) in [6.45, 7) is 6.78. The minimum atomic E-state index is -0.623. The van der Waals surface area contributed by atoms with Gasteiger partial charge in [-0.3, -0.25) is 5.32 Å². The highest BCUT2D eigenvalue weighted by Gasteiger charge is 2.44. The lowest BCUT2D eigenvalue weighted by molar-refractivity contribution is 0.00637. The van der Waals surface area contributed by atoms with E-state index in [4.69, 9.17) is 20.6 Å². The molecule has 1 aromatic carbocycles. The quantitative estimate of drug-likeness (QED) is 0.310. The molecule has 9 nitrogen and oxygen atoms in total. The summed E-state index contributed by atoms with van der Waals surface area (Å²) >= 11 is 0. The average molecular weight is 479 g/mol. The minimum Gasteiger partial charge on any atom is -0.474 e. The number of rotatable bonds is 4. The van der Waals surface area contributed by atoms with E-state index in [-0.39, 0.29) is 23.0 Å². The van der Waals surface area contributed by atoms with E-state index in [9.17, 15) is 4.79 Å². The molecule has 5 N–H and O–H groups in total. The maximum Gasteiger partial charge on any atom is 0.413 e. The molecule has 1 aliphatic carbocycles. The number of hydrogen-bond acceptors (Lipinski definition) is 8. The third kappa shape index (κ3) is 3.98. The predicted octanol–water partition coefficient (Wildman–Crippen LogP) is 4.89. The van der Waals surface area contributed by atoms with E-state index in [2.05, 4.69) is 20.6 Å². The Hall–Kier alpha value is -3.95. The summed E-state index contributed by atoms with van der Waals surface area (Å²) in [6, 6.07) is 3.30. The maximum atomic E-state index is 15.3. The molecule has 0 radical (unpaired) electrons. The van der Waals surface area contributed by atoms with Crippen molar-refractivity contribution in [3.05, 3.63) is 35.9 Å². The number of halogens is 1. The second-order valence-corrected chi connectivity index (χ2v) is 9.44. The number of hydrogen-bond donors (Lipinski definition) is 4. The first-order valence-electron chi connectivity index (χ1n) is 11.4. The molecule has 3 heterocycles. The lowest BCUT2D eigenvalue weighted by Gasteiger charge is -2.43. The van der Waals surface area contributed by atoms with Gasteiger partial charge in [-0.2, -0.15) is 0 Å². The molecule has 182 valence electrons. The highest BCUT2D eigenvalue weighted by Crippen LogP contribution is 2.43. The standard InChI is InChI=1S/C25H27FN6O3/c1-12-17(10-31-23-22(12)29-4-5-34-23)16-6-14-7-19(30-11-18(14)21(28)20(16)26)32-24(33)35-15-8-25(3,9-15)13(2)27/h6-7,10-11,15,27,29H,4-5,8-9,28H2,1-3H3,(H,30,32,33). The van der Waals surface area contributed by atoms with Crippen molar-refractivity contribution >= 4 is 39.8 Å². The van der Waals surface area contributed by atoms with E-state index in [1.165, 1.54) is 6.20 Å². The van der Waals surface area contributed by atoms with Crippen molar-refractivity contribution in [3.8, 4) is 17.0 Å². The normalized spacial score (nSPS) is 20.7. The van der Waals surface area contributed by atoms with Gasteiger partial charge in [-0.15, -0.1) is 0 Å². The van der Waals surface area contributed by atoms with Gasteiger partial charge >= 0.3 is 6.09 Å². The van der Waals surface area contributed by atoms with Gasteiger partial charge in [0.2, 0.25) is 5.88 Å². The van der Waals surface area contributed by atoms with Crippen LogP contribution in [0.3, 0.4) is 0 Å². The van der Waals surface area contributed by atoms with Crippen molar-refractivity contribution in [1.29, 1.82) is 5.41 Å². The van der Waals surface area contributed by atoms with Crippen LogP contribution < -0.4 is 21.1 Å². The third-order valence-electron chi connectivity index (χ3n) is 7.00. The van der Waals surface area contributed by atoms with E-state index in [0.717, 1.165) is 11.3 Å². The van der Waals surface area contributed by atoms with Crippen molar-refractivity contribution < 1.29 is 18.7 Å². The molecule has 10 heteroatoms. The Morgan fingerprint density at radius 3 is 2.83 bits per heavy atom. The Kier molecular flexibility index (Phi) is 5.46. The number of nitrogens with one attached hydrogen (secondary N) is 3. The van der Waals surface area contributed by atoms with Gasteiger partial charge in [0.05, 0.1) is 5.69 Å². The molecule has 0 unspecified atom stereocenters. The van der Waals surface area contributed by atoms with Crippen LogP contribution >= 0.6 is 0 Å². The van der Waals surface area contributed by atoms with Crippen LogP contribution in [-0.2, 0) is 4.74 Å². The number of benzene rings is 1. The summed E-state index contributed by atoms with van der Waals surface area (Å²) in [7, 11) is 0. The fourth-order valence-electron chi connectivity index (χ4n) is 4.67. The molecular formula is C25H27FN6O3. The lowest BCUT2D eigenvalue weighted by atomic mass is 9.65. The highest BCUT2D eigenvalue weighted by molar-refractivity contribution is 5.99. The first kappa shape index (κ1) is 22.8. The zero-order valence-corrected chi connectivity index (χ0v) is 19.8. The van der Waals surface area contributed by atoms with Gasteiger partial charge in [-0.05, 0) is 49.8 Å². The molecule has 1 amide bonds. The smallest absolute Gasteiger partial charge is 0.413 e. The molecule has 2 aromatic heterocycles. The lowest BCUT2D eigenvalue weighted by Crippen LogP contribution is -2.46. The summed E-state index contributed by atoms with van der Waals surface area (Å²) < 4.78 is 26.3. The van der Waals surface area contributed by atoms with Crippen LogP contribution in [0.1, 0.15) is 32.3 Å². The van der Waals surface area contributed by atoms with E-state index in [1.54, 1.807) is 25.3 Å². The van der Waals surface area contributed by atoms with Crippen molar-refractivity contribution in [2.24, 2.45) is 5.41 Å². The molecule has 0 spiro atoms. The van der Waals surface area contributed by atoms with Crippen LogP contribution in [0.5, 0.6) is 5.88 Å². The molecule has 3 aromatic rings. The van der Waals surface area contributed by atoms with Crippen molar-refractivity contribution in [2.45, 2.75) is 39.7 Å². The summed E-state index contributed by atoms with van der Waals surface area (Å²) in [5.41, 5.74) is 8.90. The van der Waals surface area contributed by atoms with Gasteiger partial charge in [0.15, 0.2) is 5.82 Å². The summed E-state index contributed by atoms with van der Waals surface area (Å²) in [6.07, 6.45) is 3.38. The monoisotopic (exact) mass is 478 g/mol. The van der Waals surface area contributed by atoms with Crippen LogP contribution in [0.4, 0.5) is 26.4 Å². The van der Waals surface area contributed by atoms with Gasteiger partial charge in [0.25, 0.3) is 0 Å². The number of nitrogen functional groups attached to an aromatic ring is 1. The number of aromatic nitrogens is 2. The fourth-order valence-corrected chi connectivity index (χ4v) is 4.67. The first-order chi connectivity index (χ1) is 16.7. The second kappa shape index (κ2) is 8.37. The second-order valence-electron chi connectivity index (χ2n) is 9.44. The van der Waals surface area contributed by atoms with Gasteiger partial charge < -0.3 is 25.9 Å². The first-order valence-corrected chi connectivity index (χ1v) is 11.4. The summed E-state index contributed by atoms with van der Waals surface area (Å²) in [4.78, 5) is 20.9. The number of fused-ring (bicyclic) bond motifs is 2. The van der Waals surface area contributed by atoms with E-state index < -0.39 is 11.9 Å². The molecule has 5 rings (SSSR count). The maximum absolute atomic E-state index is 15.3. The van der Waals surface area contributed by atoms with E-state index in [1.807, 2.05) is 13.8 Å². The van der Waals surface area contributed by atoms with Crippen molar-refractivity contribution in [1.82, 2.24) is 9.97 Å². The molecule has 2 aliphatic rings. The number of pyridine rings is 2. The van der Waals surface area contributed by atoms with Gasteiger partial charge in [0.1, 0.15) is 24.2 Å². The third-order valence-corrected chi connectivity index (χ3v) is 7.00. The predicted molar refractivity (Wildman–Crippen MR) is 133 cm³/mol. The molecule has 0 saturated heterocycles. The SMILES string of the molecule is CC(=N)C1(C)CC(OC(=O)Nc2cc3cc(-c4cnc5c(c4C)NCCO5)c(F)c(N)c3cn2)C1. The molecule has 0 bridgehead atoms. The number of ether oxygens (including phenoxy) is 2. The Balaban J connectivity index is 1.41. The number of nitrogens with zero attached hydrogens (tertiary/aromatic N) is 2. The topological polar surface area (TPSA) is 135 Å². The molecule has 0 atom stereocenters. The Morgan fingerprint density at radius 1 is 1.31 bits per heavy atom. The van der Waals surface area contributed by atoms with Crippen molar-refractivity contribution in [2.75, 3.05) is 29.5 Å². The van der Waals surface area contributed by atoms with Crippen LogP contribution in [-0.4, -0.2) is 41.0 Å². The molecule has 1 saturated carbocycles. The van der Waals surface area contributed by atoms with Crippen LogP contribution in [0.2, 0.25) is 0 Å². The zero-order chi connectivity index (χ0) is 24.9. The average Bonchev–Trinajstić information content (AvgIpc) is 2.81. The fraction of sp³-hybridized carbons (Fsp3) is 0.360. The van der Waals surface area contributed by atoms with Gasteiger partial charge in [-0.1, -0.05) is 6.92 Å². The molecule has 35 heavy (non-hydrogen) atoms. The van der Waals surface area contributed by atoms with Crippen LogP contribution in [0.15, 0.2) is 24.5 Å².